The van der Waals surface area contributed by atoms with Crippen LogP contribution < -0.4 is 10.0 Å². The van der Waals surface area contributed by atoms with Gasteiger partial charge in [0.2, 0.25) is 15.9 Å². The summed E-state index contributed by atoms with van der Waals surface area (Å²) >= 11 is 0. The summed E-state index contributed by atoms with van der Waals surface area (Å²) < 4.78 is 28.7. The van der Waals surface area contributed by atoms with Crippen LogP contribution in [0.1, 0.15) is 46.3 Å². The Morgan fingerprint density at radius 1 is 0.848 bits per heavy atom. The zero-order valence-electron chi connectivity index (χ0n) is 19.8. The number of nitrogens with one attached hydrogen (secondary N) is 2. The number of benzene rings is 3. The smallest absolute Gasteiger partial charge is 0.241 e. The first-order chi connectivity index (χ1) is 15.6. The molecule has 0 aliphatic rings. The molecule has 2 atom stereocenters. The Labute approximate surface area is 197 Å². The van der Waals surface area contributed by atoms with Gasteiger partial charge < -0.3 is 5.32 Å². The molecule has 0 unspecified atom stereocenters. The van der Waals surface area contributed by atoms with Gasteiger partial charge in [0.05, 0.1) is 10.9 Å². The molecule has 0 fully saturated rings. The van der Waals surface area contributed by atoms with Crippen molar-refractivity contribution < 1.29 is 13.2 Å². The Balaban J connectivity index is 1.86. The predicted octanol–water partition coefficient (Wildman–Crippen LogP) is 4.69. The molecule has 0 radical (unpaired) electrons. The Bertz CT molecular complexity index is 1220. The quantitative estimate of drug-likeness (QED) is 0.508. The Morgan fingerprint density at radius 2 is 1.45 bits per heavy atom. The molecule has 0 bridgehead atoms. The average molecular weight is 465 g/mol. The molecule has 33 heavy (non-hydrogen) atoms. The molecule has 0 heterocycles. The van der Waals surface area contributed by atoms with Crippen molar-refractivity contribution in [1.29, 1.82) is 0 Å². The minimum absolute atomic E-state index is 0.136. The topological polar surface area (TPSA) is 75.3 Å². The van der Waals surface area contributed by atoms with Crippen molar-refractivity contribution in [2.75, 3.05) is 0 Å². The average Bonchev–Trinajstić information content (AvgIpc) is 2.76. The van der Waals surface area contributed by atoms with E-state index >= 15 is 0 Å². The number of rotatable bonds is 8. The van der Waals surface area contributed by atoms with Crippen molar-refractivity contribution in [3.05, 3.63) is 100 Å². The fourth-order valence-electron chi connectivity index (χ4n) is 3.85. The molecule has 0 aliphatic heterocycles. The van der Waals surface area contributed by atoms with Crippen LogP contribution in [0.25, 0.3) is 0 Å². The maximum atomic E-state index is 13.3. The molecule has 0 aromatic heterocycles. The number of sulfonamides is 1. The third-order valence-corrected chi connectivity index (χ3v) is 7.42. The summed E-state index contributed by atoms with van der Waals surface area (Å²) in [5.74, 6) is -0.361. The lowest BCUT2D eigenvalue weighted by atomic mass is 9.96. The third-order valence-electron chi connectivity index (χ3n) is 5.94. The Hall–Kier alpha value is -2.96. The molecule has 3 aromatic rings. The Kier molecular flexibility index (Phi) is 7.72. The van der Waals surface area contributed by atoms with Crippen molar-refractivity contribution in [2.45, 2.75) is 58.0 Å². The van der Waals surface area contributed by atoms with Crippen LogP contribution in [0.4, 0.5) is 0 Å². The van der Waals surface area contributed by atoms with Gasteiger partial charge in [-0.2, -0.15) is 4.72 Å². The Morgan fingerprint density at radius 3 is 2.09 bits per heavy atom. The van der Waals surface area contributed by atoms with Crippen LogP contribution in [0.3, 0.4) is 0 Å². The number of aryl methyl sites for hydroxylation is 4. The SMILES string of the molecule is Cc1ccc(S(=O)(=O)N[C@H](Cc2ccccc2)C(=O)N[C@H](C)c2cc(C)c(C)cc2C)cc1. The van der Waals surface area contributed by atoms with Gasteiger partial charge in [0, 0.05) is 0 Å². The van der Waals surface area contributed by atoms with Crippen LogP contribution in [0.5, 0.6) is 0 Å². The summed E-state index contributed by atoms with van der Waals surface area (Å²) in [5.41, 5.74) is 6.29. The second kappa shape index (κ2) is 10.3. The van der Waals surface area contributed by atoms with E-state index in [-0.39, 0.29) is 23.3 Å². The highest BCUT2D eigenvalue weighted by Gasteiger charge is 2.27. The van der Waals surface area contributed by atoms with E-state index in [1.807, 2.05) is 58.0 Å². The molecular formula is C27H32N2O3S. The van der Waals surface area contributed by atoms with Crippen LogP contribution in [0.2, 0.25) is 0 Å². The molecule has 6 heteroatoms. The highest BCUT2D eigenvalue weighted by molar-refractivity contribution is 7.89. The van der Waals surface area contributed by atoms with E-state index in [0.717, 1.165) is 27.8 Å². The first kappa shape index (κ1) is 24.7. The first-order valence-electron chi connectivity index (χ1n) is 11.1. The van der Waals surface area contributed by atoms with Gasteiger partial charge >= 0.3 is 0 Å². The van der Waals surface area contributed by atoms with E-state index in [4.69, 9.17) is 0 Å². The van der Waals surface area contributed by atoms with E-state index in [1.165, 1.54) is 5.56 Å². The van der Waals surface area contributed by atoms with Crippen molar-refractivity contribution >= 4 is 15.9 Å². The minimum atomic E-state index is -3.87. The van der Waals surface area contributed by atoms with E-state index < -0.39 is 16.1 Å². The predicted molar refractivity (Wildman–Crippen MR) is 133 cm³/mol. The summed E-state index contributed by atoms with van der Waals surface area (Å²) in [4.78, 5) is 13.5. The lowest BCUT2D eigenvalue weighted by Crippen LogP contribution is -2.48. The second-order valence-corrected chi connectivity index (χ2v) is 10.4. The van der Waals surface area contributed by atoms with Crippen LogP contribution in [0.15, 0.2) is 71.6 Å². The molecule has 0 saturated carbocycles. The lowest BCUT2D eigenvalue weighted by Gasteiger charge is -2.23. The highest BCUT2D eigenvalue weighted by atomic mass is 32.2. The van der Waals surface area contributed by atoms with Gasteiger partial charge in [-0.15, -0.1) is 0 Å². The van der Waals surface area contributed by atoms with Crippen molar-refractivity contribution in [3.63, 3.8) is 0 Å². The van der Waals surface area contributed by atoms with Gasteiger partial charge in [-0.3, -0.25) is 4.79 Å². The third kappa shape index (κ3) is 6.30. The molecule has 0 saturated heterocycles. The van der Waals surface area contributed by atoms with Crippen LogP contribution in [0, 0.1) is 27.7 Å². The highest BCUT2D eigenvalue weighted by Crippen LogP contribution is 2.22. The molecule has 5 nitrogen and oxygen atoms in total. The van der Waals surface area contributed by atoms with E-state index in [2.05, 4.69) is 29.1 Å². The molecule has 0 spiro atoms. The fraction of sp³-hybridized carbons (Fsp3) is 0.296. The number of carbonyl (C=O) groups is 1. The van der Waals surface area contributed by atoms with Crippen LogP contribution in [-0.2, 0) is 21.2 Å². The summed E-state index contributed by atoms with van der Waals surface area (Å²) in [7, 11) is -3.87. The van der Waals surface area contributed by atoms with Crippen LogP contribution in [-0.4, -0.2) is 20.4 Å². The fourth-order valence-corrected chi connectivity index (χ4v) is 5.05. The largest absolute Gasteiger partial charge is 0.348 e. The van der Waals surface area contributed by atoms with E-state index in [1.54, 1.807) is 24.3 Å². The summed E-state index contributed by atoms with van der Waals surface area (Å²) in [6, 6.07) is 19.0. The lowest BCUT2D eigenvalue weighted by molar-refractivity contribution is -0.123. The molecule has 3 rings (SSSR count). The van der Waals surface area contributed by atoms with Gasteiger partial charge in [-0.05, 0) is 81.0 Å². The molecule has 3 aromatic carbocycles. The van der Waals surface area contributed by atoms with Crippen molar-refractivity contribution in [3.8, 4) is 0 Å². The van der Waals surface area contributed by atoms with Crippen molar-refractivity contribution in [2.24, 2.45) is 0 Å². The summed E-state index contributed by atoms with van der Waals surface area (Å²) in [5, 5.41) is 3.02. The number of amides is 1. The van der Waals surface area contributed by atoms with E-state index in [0.29, 0.717) is 0 Å². The standard InChI is InChI=1S/C27H32N2O3S/c1-18-11-13-24(14-12-18)33(31,32)29-26(17-23-9-7-6-8-10-23)27(30)28-22(5)25-16-20(3)19(2)15-21(25)4/h6-16,22,26,29H,17H2,1-5H3,(H,28,30)/t22-,26-/m1/s1. The molecular weight excluding hydrogens is 432 g/mol. The van der Waals surface area contributed by atoms with Gasteiger partial charge in [0.1, 0.15) is 6.04 Å². The molecule has 2 N–H and O–H groups in total. The zero-order chi connectivity index (χ0) is 24.2. The van der Waals surface area contributed by atoms with Gasteiger partial charge in [0.15, 0.2) is 0 Å². The van der Waals surface area contributed by atoms with Gasteiger partial charge in [0.25, 0.3) is 0 Å². The number of carbonyl (C=O) groups excluding carboxylic acids is 1. The molecule has 1 amide bonds. The maximum Gasteiger partial charge on any atom is 0.241 e. The minimum Gasteiger partial charge on any atom is -0.348 e. The molecule has 174 valence electrons. The van der Waals surface area contributed by atoms with Crippen LogP contribution >= 0.6 is 0 Å². The van der Waals surface area contributed by atoms with Gasteiger partial charge in [-0.25, -0.2) is 8.42 Å². The maximum absolute atomic E-state index is 13.3. The summed E-state index contributed by atoms with van der Waals surface area (Å²) in [6.45, 7) is 9.94. The molecule has 0 aliphatic carbocycles. The summed E-state index contributed by atoms with van der Waals surface area (Å²) in [6.07, 6.45) is 0.246. The van der Waals surface area contributed by atoms with Crippen molar-refractivity contribution in [1.82, 2.24) is 10.0 Å². The van der Waals surface area contributed by atoms with Gasteiger partial charge in [-0.1, -0.05) is 60.2 Å². The number of hydrogen-bond donors (Lipinski definition) is 2. The normalized spacial score (nSPS) is 13.4. The first-order valence-corrected chi connectivity index (χ1v) is 12.6. The van der Waals surface area contributed by atoms with E-state index in [9.17, 15) is 13.2 Å². The second-order valence-electron chi connectivity index (χ2n) is 8.70. The number of hydrogen-bond acceptors (Lipinski definition) is 3. The zero-order valence-corrected chi connectivity index (χ0v) is 20.7. The monoisotopic (exact) mass is 464 g/mol.